The molecule has 1 amide bonds. The van der Waals surface area contributed by atoms with E-state index in [9.17, 15) is 4.79 Å². The zero-order valence-corrected chi connectivity index (χ0v) is 12.1. The Morgan fingerprint density at radius 2 is 2.05 bits per heavy atom. The number of carbonyl (C=O) groups is 1. The Kier molecular flexibility index (Phi) is 3.11. The molecule has 0 saturated carbocycles. The van der Waals surface area contributed by atoms with Gasteiger partial charge in [0.25, 0.3) is 5.91 Å². The standard InChI is InChI=1S/C17H16N4O/c22-17(14-8-7-12-4-3-5-13(12)10-14)18-11-16-20-19-15-6-1-2-9-21(15)16/h1-2,6-10H,3-5,11H2,(H,18,22). The fourth-order valence-electron chi connectivity index (χ4n) is 2.99. The van der Waals surface area contributed by atoms with E-state index < -0.39 is 0 Å². The third-order valence-electron chi connectivity index (χ3n) is 4.15. The normalized spacial score (nSPS) is 13.3. The van der Waals surface area contributed by atoms with E-state index >= 15 is 0 Å². The van der Waals surface area contributed by atoms with Crippen LogP contribution in [0.2, 0.25) is 0 Å². The van der Waals surface area contributed by atoms with E-state index in [4.69, 9.17) is 0 Å². The predicted octanol–water partition coefficient (Wildman–Crippen LogP) is 2.15. The first-order chi connectivity index (χ1) is 10.8. The molecule has 3 aromatic rings. The zero-order chi connectivity index (χ0) is 14.9. The molecule has 2 aromatic heterocycles. The molecule has 0 unspecified atom stereocenters. The lowest BCUT2D eigenvalue weighted by atomic mass is 10.1. The molecular weight excluding hydrogens is 276 g/mol. The number of nitrogens with one attached hydrogen (secondary N) is 1. The Hall–Kier alpha value is -2.69. The minimum Gasteiger partial charge on any atom is -0.345 e. The first-order valence-corrected chi connectivity index (χ1v) is 7.50. The van der Waals surface area contributed by atoms with E-state index in [2.05, 4.69) is 21.6 Å². The van der Waals surface area contributed by atoms with E-state index in [1.54, 1.807) is 0 Å². The highest BCUT2D eigenvalue weighted by Crippen LogP contribution is 2.22. The van der Waals surface area contributed by atoms with Gasteiger partial charge in [-0.2, -0.15) is 0 Å². The predicted molar refractivity (Wildman–Crippen MR) is 82.6 cm³/mol. The average Bonchev–Trinajstić information content (AvgIpc) is 3.18. The molecule has 0 aliphatic heterocycles. The average molecular weight is 292 g/mol. The van der Waals surface area contributed by atoms with Crippen LogP contribution in [0.25, 0.3) is 5.65 Å². The quantitative estimate of drug-likeness (QED) is 0.804. The van der Waals surface area contributed by atoms with Gasteiger partial charge in [0.1, 0.15) is 0 Å². The largest absolute Gasteiger partial charge is 0.345 e. The number of hydrogen-bond acceptors (Lipinski definition) is 3. The topological polar surface area (TPSA) is 59.3 Å². The highest BCUT2D eigenvalue weighted by Gasteiger charge is 2.14. The van der Waals surface area contributed by atoms with Crippen molar-refractivity contribution in [2.45, 2.75) is 25.8 Å². The van der Waals surface area contributed by atoms with Crippen molar-refractivity contribution in [1.82, 2.24) is 19.9 Å². The molecule has 1 aliphatic rings. The third-order valence-corrected chi connectivity index (χ3v) is 4.15. The molecule has 0 fully saturated rings. The molecule has 5 nitrogen and oxygen atoms in total. The summed E-state index contributed by atoms with van der Waals surface area (Å²) in [6, 6.07) is 11.7. The molecule has 1 N–H and O–H groups in total. The summed E-state index contributed by atoms with van der Waals surface area (Å²) in [6.07, 6.45) is 5.28. The van der Waals surface area contributed by atoms with Gasteiger partial charge in [-0.1, -0.05) is 12.1 Å². The van der Waals surface area contributed by atoms with Crippen molar-refractivity contribution in [3.63, 3.8) is 0 Å². The molecule has 22 heavy (non-hydrogen) atoms. The van der Waals surface area contributed by atoms with Crippen LogP contribution in [0.15, 0.2) is 42.6 Å². The summed E-state index contributed by atoms with van der Waals surface area (Å²) in [4.78, 5) is 12.3. The summed E-state index contributed by atoms with van der Waals surface area (Å²) in [6.45, 7) is 0.362. The fraction of sp³-hybridized carbons (Fsp3) is 0.235. The summed E-state index contributed by atoms with van der Waals surface area (Å²) in [7, 11) is 0. The molecule has 0 spiro atoms. The molecule has 0 saturated heterocycles. The minimum absolute atomic E-state index is 0.0672. The molecule has 5 heteroatoms. The van der Waals surface area contributed by atoms with Gasteiger partial charge in [-0.25, -0.2) is 0 Å². The van der Waals surface area contributed by atoms with E-state index in [0.29, 0.717) is 6.54 Å². The number of hydrogen-bond donors (Lipinski definition) is 1. The van der Waals surface area contributed by atoms with Gasteiger partial charge in [0, 0.05) is 11.8 Å². The molecule has 1 aromatic carbocycles. The van der Waals surface area contributed by atoms with Crippen molar-refractivity contribution in [2.24, 2.45) is 0 Å². The van der Waals surface area contributed by atoms with Crippen molar-refractivity contribution < 1.29 is 4.79 Å². The zero-order valence-electron chi connectivity index (χ0n) is 12.1. The molecular formula is C17H16N4O. The molecule has 0 atom stereocenters. The maximum Gasteiger partial charge on any atom is 0.251 e. The second-order valence-electron chi connectivity index (χ2n) is 5.56. The van der Waals surface area contributed by atoms with Crippen LogP contribution in [-0.2, 0) is 19.4 Å². The van der Waals surface area contributed by atoms with Crippen molar-refractivity contribution in [2.75, 3.05) is 0 Å². The number of benzene rings is 1. The van der Waals surface area contributed by atoms with Crippen molar-refractivity contribution in [3.8, 4) is 0 Å². The highest BCUT2D eigenvalue weighted by molar-refractivity contribution is 5.94. The number of carbonyl (C=O) groups excluding carboxylic acids is 1. The number of rotatable bonds is 3. The lowest BCUT2D eigenvalue weighted by Gasteiger charge is -2.06. The van der Waals surface area contributed by atoms with Crippen LogP contribution in [-0.4, -0.2) is 20.5 Å². The molecule has 0 bridgehead atoms. The lowest BCUT2D eigenvalue weighted by Crippen LogP contribution is -2.24. The van der Waals surface area contributed by atoms with Crippen LogP contribution < -0.4 is 5.32 Å². The van der Waals surface area contributed by atoms with Gasteiger partial charge >= 0.3 is 0 Å². The Bertz CT molecular complexity index is 853. The molecule has 2 heterocycles. The van der Waals surface area contributed by atoms with Gasteiger partial charge in [-0.3, -0.25) is 9.20 Å². The summed E-state index contributed by atoms with van der Waals surface area (Å²) in [5.41, 5.74) is 4.18. The maximum absolute atomic E-state index is 12.3. The van der Waals surface area contributed by atoms with E-state index in [0.717, 1.165) is 29.9 Å². The van der Waals surface area contributed by atoms with E-state index in [1.807, 2.05) is 40.9 Å². The fourth-order valence-corrected chi connectivity index (χ4v) is 2.99. The van der Waals surface area contributed by atoms with Gasteiger partial charge in [0.05, 0.1) is 6.54 Å². The Balaban J connectivity index is 1.50. The van der Waals surface area contributed by atoms with Crippen LogP contribution in [0.3, 0.4) is 0 Å². The first kappa shape index (κ1) is 13.0. The number of amides is 1. The van der Waals surface area contributed by atoms with Crippen LogP contribution in [0, 0.1) is 0 Å². The Morgan fingerprint density at radius 1 is 1.14 bits per heavy atom. The number of aromatic nitrogens is 3. The third kappa shape index (κ3) is 2.24. The van der Waals surface area contributed by atoms with Crippen LogP contribution in [0.4, 0.5) is 0 Å². The summed E-state index contributed by atoms with van der Waals surface area (Å²) in [5, 5.41) is 11.1. The van der Waals surface area contributed by atoms with Gasteiger partial charge in [-0.05, 0) is 54.7 Å². The Morgan fingerprint density at radius 3 is 3.00 bits per heavy atom. The number of fused-ring (bicyclic) bond motifs is 2. The number of aryl methyl sites for hydroxylation is 2. The maximum atomic E-state index is 12.3. The monoisotopic (exact) mass is 292 g/mol. The van der Waals surface area contributed by atoms with Crippen LogP contribution in [0.5, 0.6) is 0 Å². The van der Waals surface area contributed by atoms with Crippen molar-refractivity contribution >= 4 is 11.6 Å². The Labute approximate surface area is 128 Å². The number of nitrogens with zero attached hydrogens (tertiary/aromatic N) is 3. The second-order valence-corrected chi connectivity index (χ2v) is 5.56. The van der Waals surface area contributed by atoms with Gasteiger partial charge < -0.3 is 5.32 Å². The van der Waals surface area contributed by atoms with Crippen LogP contribution >= 0.6 is 0 Å². The molecule has 110 valence electrons. The summed E-state index contributed by atoms with van der Waals surface area (Å²) >= 11 is 0. The second kappa shape index (κ2) is 5.26. The summed E-state index contributed by atoms with van der Waals surface area (Å²) < 4.78 is 1.88. The SMILES string of the molecule is O=C(NCc1nnc2ccccn12)c1ccc2c(c1)CCC2. The molecule has 0 radical (unpaired) electrons. The number of pyridine rings is 1. The van der Waals surface area contributed by atoms with Crippen molar-refractivity contribution in [3.05, 3.63) is 65.1 Å². The summed E-state index contributed by atoms with van der Waals surface area (Å²) in [5.74, 6) is 0.660. The smallest absolute Gasteiger partial charge is 0.251 e. The first-order valence-electron chi connectivity index (χ1n) is 7.50. The minimum atomic E-state index is -0.0672. The lowest BCUT2D eigenvalue weighted by molar-refractivity contribution is 0.0949. The molecule has 1 aliphatic carbocycles. The van der Waals surface area contributed by atoms with Gasteiger partial charge in [0.2, 0.25) is 0 Å². The van der Waals surface area contributed by atoms with E-state index in [-0.39, 0.29) is 5.91 Å². The van der Waals surface area contributed by atoms with Crippen molar-refractivity contribution in [1.29, 1.82) is 0 Å². The highest BCUT2D eigenvalue weighted by atomic mass is 16.1. The van der Waals surface area contributed by atoms with Crippen LogP contribution in [0.1, 0.15) is 33.7 Å². The van der Waals surface area contributed by atoms with Gasteiger partial charge in [0.15, 0.2) is 11.5 Å². The molecule has 4 rings (SSSR count). The van der Waals surface area contributed by atoms with Gasteiger partial charge in [-0.15, -0.1) is 10.2 Å². The van der Waals surface area contributed by atoms with E-state index in [1.165, 1.54) is 17.5 Å².